The highest BCUT2D eigenvalue weighted by Gasteiger charge is 2.16. The van der Waals surface area contributed by atoms with Crippen LogP contribution in [-0.4, -0.2) is 32.6 Å². The highest BCUT2D eigenvalue weighted by Crippen LogP contribution is 2.23. The molecule has 0 fully saturated rings. The number of nitrogens with zero attached hydrogens (tertiary/aromatic N) is 1. The molecule has 0 bridgehead atoms. The Balaban J connectivity index is 1.98. The monoisotopic (exact) mass is 308 g/mol. The van der Waals surface area contributed by atoms with Crippen LogP contribution in [0.25, 0.3) is 0 Å². The number of hydrogen-bond acceptors (Lipinski definition) is 4. The first-order valence-electron chi connectivity index (χ1n) is 6.84. The second-order valence-corrected chi connectivity index (χ2v) is 5.52. The maximum Gasteiger partial charge on any atom is 0.123 e. The van der Waals surface area contributed by atoms with E-state index < -0.39 is 0 Å². The Morgan fingerprint density at radius 3 is 2.76 bits per heavy atom. The first kappa shape index (κ1) is 15.9. The lowest BCUT2D eigenvalue weighted by molar-refractivity contribution is 0.250. The van der Waals surface area contributed by atoms with Gasteiger partial charge in [-0.2, -0.15) is 0 Å². The summed E-state index contributed by atoms with van der Waals surface area (Å²) in [7, 11) is 5.74. The average Bonchev–Trinajstić information content (AvgIpc) is 2.97. The van der Waals surface area contributed by atoms with Gasteiger partial charge in [0.15, 0.2) is 0 Å². The Bertz CT molecular complexity index is 555. The van der Waals surface area contributed by atoms with Crippen molar-refractivity contribution in [3.63, 3.8) is 0 Å². The van der Waals surface area contributed by atoms with Crippen molar-refractivity contribution in [2.75, 3.05) is 27.7 Å². The van der Waals surface area contributed by atoms with Crippen LogP contribution >= 0.6 is 11.6 Å². The van der Waals surface area contributed by atoms with Gasteiger partial charge in [-0.25, -0.2) is 0 Å². The molecular weight excluding hydrogens is 288 g/mol. The van der Waals surface area contributed by atoms with Gasteiger partial charge in [0.25, 0.3) is 0 Å². The van der Waals surface area contributed by atoms with Crippen molar-refractivity contribution in [3.8, 4) is 5.75 Å². The third-order valence-corrected chi connectivity index (χ3v) is 3.63. The molecule has 1 aromatic heterocycles. The highest BCUT2D eigenvalue weighted by atomic mass is 35.5. The average molecular weight is 309 g/mol. The number of furan rings is 1. The number of likely N-dealkylation sites (N-methyl/N-ethyl adjacent to an activating group) is 1. The number of hydrogen-bond donors (Lipinski definition) is 1. The van der Waals surface area contributed by atoms with Crippen molar-refractivity contribution in [2.24, 2.45) is 0 Å². The fraction of sp³-hybridized carbons (Fsp3) is 0.375. The molecule has 0 aliphatic heterocycles. The molecule has 2 rings (SSSR count). The highest BCUT2D eigenvalue weighted by molar-refractivity contribution is 6.30. The third kappa shape index (κ3) is 4.24. The van der Waals surface area contributed by atoms with Gasteiger partial charge in [0.1, 0.15) is 11.5 Å². The summed E-state index contributed by atoms with van der Waals surface area (Å²) in [4.78, 5) is 2.13. The topological polar surface area (TPSA) is 37.6 Å². The van der Waals surface area contributed by atoms with E-state index in [2.05, 4.69) is 10.2 Å². The smallest absolute Gasteiger partial charge is 0.123 e. The van der Waals surface area contributed by atoms with E-state index in [0.29, 0.717) is 11.6 Å². The van der Waals surface area contributed by atoms with Crippen LogP contribution in [0.4, 0.5) is 0 Å². The Morgan fingerprint density at radius 1 is 1.33 bits per heavy atom. The van der Waals surface area contributed by atoms with E-state index in [-0.39, 0.29) is 6.04 Å². The number of rotatable bonds is 7. The van der Waals surface area contributed by atoms with Crippen molar-refractivity contribution in [3.05, 3.63) is 52.9 Å². The zero-order valence-electron chi connectivity index (χ0n) is 12.6. The van der Waals surface area contributed by atoms with E-state index in [4.69, 9.17) is 20.8 Å². The van der Waals surface area contributed by atoms with Gasteiger partial charge in [0.05, 0.1) is 19.4 Å². The molecule has 1 atom stereocenters. The molecule has 1 heterocycles. The maximum absolute atomic E-state index is 6.04. The SMILES string of the molecule is COc1ccc(Cl)cc1CNCC(c1ccco1)N(C)C. The molecule has 1 N–H and O–H groups in total. The summed E-state index contributed by atoms with van der Waals surface area (Å²) in [5, 5.41) is 4.14. The minimum Gasteiger partial charge on any atom is -0.496 e. The molecule has 5 heteroatoms. The van der Waals surface area contributed by atoms with Crippen LogP contribution in [0.2, 0.25) is 5.02 Å². The fourth-order valence-electron chi connectivity index (χ4n) is 2.25. The molecule has 4 nitrogen and oxygen atoms in total. The van der Waals surface area contributed by atoms with Gasteiger partial charge in [-0.1, -0.05) is 11.6 Å². The molecule has 0 aliphatic rings. The Morgan fingerprint density at radius 2 is 2.14 bits per heavy atom. The third-order valence-electron chi connectivity index (χ3n) is 3.39. The van der Waals surface area contributed by atoms with Crippen molar-refractivity contribution < 1.29 is 9.15 Å². The van der Waals surface area contributed by atoms with Crippen molar-refractivity contribution in [1.82, 2.24) is 10.2 Å². The summed E-state index contributed by atoms with van der Waals surface area (Å²) in [5.74, 6) is 1.79. The molecular formula is C16H21ClN2O2. The van der Waals surface area contributed by atoms with E-state index >= 15 is 0 Å². The molecule has 114 valence electrons. The van der Waals surface area contributed by atoms with Crippen LogP contribution in [0.1, 0.15) is 17.4 Å². The van der Waals surface area contributed by atoms with Crippen LogP contribution in [0, 0.1) is 0 Å². The zero-order valence-corrected chi connectivity index (χ0v) is 13.4. The van der Waals surface area contributed by atoms with Gasteiger partial charge in [-0.15, -0.1) is 0 Å². The number of halogens is 1. The first-order valence-corrected chi connectivity index (χ1v) is 7.22. The Labute approximate surface area is 130 Å². The minimum absolute atomic E-state index is 0.185. The van der Waals surface area contributed by atoms with Gasteiger partial charge in [0, 0.05) is 23.7 Å². The second kappa shape index (κ2) is 7.50. The van der Waals surface area contributed by atoms with Crippen LogP contribution in [0.15, 0.2) is 41.0 Å². The molecule has 0 spiro atoms. The van der Waals surface area contributed by atoms with Gasteiger partial charge in [-0.3, -0.25) is 4.90 Å². The lowest BCUT2D eigenvalue weighted by Crippen LogP contribution is -2.30. The minimum atomic E-state index is 0.185. The van der Waals surface area contributed by atoms with Gasteiger partial charge < -0.3 is 14.5 Å². The largest absolute Gasteiger partial charge is 0.496 e. The van der Waals surface area contributed by atoms with Crippen LogP contribution in [-0.2, 0) is 6.54 Å². The van der Waals surface area contributed by atoms with E-state index in [1.54, 1.807) is 13.4 Å². The molecule has 0 aliphatic carbocycles. The van der Waals surface area contributed by atoms with Crippen molar-refractivity contribution in [2.45, 2.75) is 12.6 Å². The summed E-state index contributed by atoms with van der Waals surface area (Å²) in [6.45, 7) is 1.46. The summed E-state index contributed by atoms with van der Waals surface area (Å²) < 4.78 is 10.8. The number of nitrogens with one attached hydrogen (secondary N) is 1. The summed E-state index contributed by atoms with van der Waals surface area (Å²) >= 11 is 6.04. The molecule has 1 aromatic carbocycles. The summed E-state index contributed by atoms with van der Waals surface area (Å²) in [5.41, 5.74) is 1.04. The molecule has 2 aromatic rings. The summed E-state index contributed by atoms with van der Waals surface area (Å²) in [6.07, 6.45) is 1.70. The molecule has 0 saturated heterocycles. The van der Waals surface area contributed by atoms with Gasteiger partial charge in [0.2, 0.25) is 0 Å². The lowest BCUT2D eigenvalue weighted by Gasteiger charge is -2.23. The number of ether oxygens (including phenoxy) is 1. The molecule has 0 amide bonds. The van der Waals surface area contributed by atoms with E-state index in [1.165, 1.54) is 0 Å². The Kier molecular flexibility index (Phi) is 5.67. The quantitative estimate of drug-likeness (QED) is 0.851. The summed E-state index contributed by atoms with van der Waals surface area (Å²) in [6, 6.07) is 9.72. The Hall–Kier alpha value is -1.49. The molecule has 0 saturated carbocycles. The molecule has 0 radical (unpaired) electrons. The van der Waals surface area contributed by atoms with Crippen LogP contribution in [0.5, 0.6) is 5.75 Å². The predicted octanol–water partition coefficient (Wildman–Crippen LogP) is 3.33. The van der Waals surface area contributed by atoms with E-state index in [0.717, 1.165) is 23.6 Å². The fourth-order valence-corrected chi connectivity index (χ4v) is 2.44. The van der Waals surface area contributed by atoms with Crippen LogP contribution in [0.3, 0.4) is 0 Å². The van der Waals surface area contributed by atoms with E-state index in [1.807, 2.05) is 44.4 Å². The standard InChI is InChI=1S/C16H21ClN2O2/c1-19(2)14(16-5-4-8-21-16)11-18-10-12-9-13(17)6-7-15(12)20-3/h4-9,14,18H,10-11H2,1-3H3. The zero-order chi connectivity index (χ0) is 15.2. The number of methoxy groups -OCH3 is 1. The lowest BCUT2D eigenvalue weighted by atomic mass is 10.1. The van der Waals surface area contributed by atoms with Crippen molar-refractivity contribution in [1.29, 1.82) is 0 Å². The molecule has 21 heavy (non-hydrogen) atoms. The van der Waals surface area contributed by atoms with Crippen molar-refractivity contribution >= 4 is 11.6 Å². The first-order chi connectivity index (χ1) is 10.1. The van der Waals surface area contributed by atoms with Crippen LogP contribution < -0.4 is 10.1 Å². The number of benzene rings is 1. The maximum atomic E-state index is 6.04. The molecule has 1 unspecified atom stereocenters. The predicted molar refractivity (Wildman–Crippen MR) is 84.8 cm³/mol. The normalized spacial score (nSPS) is 12.6. The van der Waals surface area contributed by atoms with Gasteiger partial charge >= 0.3 is 0 Å². The second-order valence-electron chi connectivity index (χ2n) is 5.08. The van der Waals surface area contributed by atoms with E-state index in [9.17, 15) is 0 Å². The van der Waals surface area contributed by atoms with Gasteiger partial charge in [-0.05, 0) is 44.4 Å².